The molecule has 0 spiro atoms. The van der Waals surface area contributed by atoms with Crippen molar-refractivity contribution in [1.29, 1.82) is 0 Å². The topological polar surface area (TPSA) is 9.23 Å². The standard InChI is InChI=1S/C11H26OSi/c1-6-8-13(5,9-7-2)12-10-11(3)4/h11H,6-10H2,1-5H3. The highest BCUT2D eigenvalue weighted by molar-refractivity contribution is 6.72. The number of hydrogen-bond donors (Lipinski definition) is 0. The second-order valence-electron chi connectivity index (χ2n) is 4.65. The lowest BCUT2D eigenvalue weighted by Crippen LogP contribution is -2.35. The van der Waals surface area contributed by atoms with Gasteiger partial charge in [-0.2, -0.15) is 0 Å². The van der Waals surface area contributed by atoms with Crippen molar-refractivity contribution in [1.82, 2.24) is 0 Å². The zero-order valence-corrected chi connectivity index (χ0v) is 11.0. The fourth-order valence-electron chi connectivity index (χ4n) is 1.69. The molecule has 0 N–H and O–H groups in total. The third-order valence-electron chi connectivity index (χ3n) is 2.32. The Kier molecular flexibility index (Phi) is 6.69. The largest absolute Gasteiger partial charge is 0.417 e. The molecule has 0 aliphatic rings. The van der Waals surface area contributed by atoms with Crippen LogP contribution in [0.3, 0.4) is 0 Å². The summed E-state index contributed by atoms with van der Waals surface area (Å²) in [5, 5.41) is 0. The molecular weight excluding hydrogens is 176 g/mol. The van der Waals surface area contributed by atoms with Gasteiger partial charge in [-0.3, -0.25) is 0 Å². The van der Waals surface area contributed by atoms with E-state index in [9.17, 15) is 0 Å². The van der Waals surface area contributed by atoms with Gasteiger partial charge in [0.25, 0.3) is 0 Å². The summed E-state index contributed by atoms with van der Waals surface area (Å²) in [5.74, 6) is 0.681. The zero-order chi connectivity index (χ0) is 10.3. The Morgan fingerprint density at radius 2 is 1.54 bits per heavy atom. The fourth-order valence-corrected chi connectivity index (χ4v) is 5.08. The molecule has 1 nitrogen and oxygen atoms in total. The van der Waals surface area contributed by atoms with Crippen molar-refractivity contribution in [2.75, 3.05) is 6.61 Å². The molecule has 0 aromatic heterocycles. The van der Waals surface area contributed by atoms with E-state index in [0.717, 1.165) is 6.61 Å². The lowest BCUT2D eigenvalue weighted by molar-refractivity contribution is 0.256. The van der Waals surface area contributed by atoms with Crippen molar-refractivity contribution in [2.45, 2.75) is 59.2 Å². The van der Waals surface area contributed by atoms with E-state index in [-0.39, 0.29) is 0 Å². The van der Waals surface area contributed by atoms with Crippen LogP contribution in [0.4, 0.5) is 0 Å². The van der Waals surface area contributed by atoms with Gasteiger partial charge < -0.3 is 4.43 Å². The molecule has 0 bridgehead atoms. The molecule has 0 atom stereocenters. The van der Waals surface area contributed by atoms with Crippen LogP contribution in [0.5, 0.6) is 0 Å². The molecule has 13 heavy (non-hydrogen) atoms. The van der Waals surface area contributed by atoms with Crippen LogP contribution in [0.25, 0.3) is 0 Å². The third-order valence-corrected chi connectivity index (χ3v) is 6.30. The van der Waals surface area contributed by atoms with Gasteiger partial charge in [-0.15, -0.1) is 0 Å². The highest BCUT2D eigenvalue weighted by atomic mass is 28.4. The summed E-state index contributed by atoms with van der Waals surface area (Å²) in [6, 6.07) is 2.65. The van der Waals surface area contributed by atoms with Gasteiger partial charge in [-0.25, -0.2) is 0 Å². The maximum absolute atomic E-state index is 6.11. The third kappa shape index (κ3) is 6.27. The Morgan fingerprint density at radius 3 is 1.85 bits per heavy atom. The first-order valence-corrected chi connectivity index (χ1v) is 8.50. The molecule has 0 heterocycles. The van der Waals surface area contributed by atoms with E-state index in [4.69, 9.17) is 4.43 Å². The molecule has 0 aromatic carbocycles. The average molecular weight is 202 g/mol. The van der Waals surface area contributed by atoms with E-state index in [1.807, 2.05) is 0 Å². The minimum Gasteiger partial charge on any atom is -0.417 e. The number of rotatable bonds is 7. The van der Waals surface area contributed by atoms with Gasteiger partial charge in [-0.1, -0.05) is 40.5 Å². The van der Waals surface area contributed by atoms with Gasteiger partial charge in [0, 0.05) is 6.61 Å². The molecule has 80 valence electrons. The summed E-state index contributed by atoms with van der Waals surface area (Å²) in [7, 11) is -1.31. The number of hydrogen-bond acceptors (Lipinski definition) is 1. The normalized spacial score (nSPS) is 12.5. The molecule has 0 radical (unpaired) electrons. The van der Waals surface area contributed by atoms with Crippen molar-refractivity contribution in [3.63, 3.8) is 0 Å². The van der Waals surface area contributed by atoms with Gasteiger partial charge in [0.1, 0.15) is 0 Å². The minimum atomic E-state index is -1.31. The van der Waals surface area contributed by atoms with E-state index >= 15 is 0 Å². The summed E-state index contributed by atoms with van der Waals surface area (Å²) in [4.78, 5) is 0. The second kappa shape index (κ2) is 6.60. The minimum absolute atomic E-state index is 0.681. The van der Waals surface area contributed by atoms with Crippen LogP contribution >= 0.6 is 0 Å². The summed E-state index contributed by atoms with van der Waals surface area (Å²) in [6.45, 7) is 12.3. The summed E-state index contributed by atoms with van der Waals surface area (Å²) >= 11 is 0. The molecule has 2 heteroatoms. The molecule has 0 saturated carbocycles. The van der Waals surface area contributed by atoms with Crippen LogP contribution in [0, 0.1) is 5.92 Å². The van der Waals surface area contributed by atoms with E-state index in [1.54, 1.807) is 0 Å². The van der Waals surface area contributed by atoms with Gasteiger partial charge in [-0.05, 0) is 24.6 Å². The molecule has 0 saturated heterocycles. The molecular formula is C11H26OSi. The highest BCUT2D eigenvalue weighted by Crippen LogP contribution is 2.21. The van der Waals surface area contributed by atoms with Gasteiger partial charge in [0.2, 0.25) is 0 Å². The molecule has 0 rings (SSSR count). The van der Waals surface area contributed by atoms with Crippen LogP contribution in [0.1, 0.15) is 40.5 Å². The Morgan fingerprint density at radius 1 is 1.08 bits per heavy atom. The highest BCUT2D eigenvalue weighted by Gasteiger charge is 2.26. The lowest BCUT2D eigenvalue weighted by atomic mass is 10.2. The SMILES string of the molecule is CCC[Si](C)(CCC)OCC(C)C. The predicted molar refractivity (Wildman–Crippen MR) is 62.6 cm³/mol. The second-order valence-corrected chi connectivity index (χ2v) is 8.84. The van der Waals surface area contributed by atoms with E-state index in [1.165, 1.54) is 24.9 Å². The Labute approximate surface area is 85.0 Å². The maximum Gasteiger partial charge on any atom is 0.189 e. The Balaban J connectivity index is 3.91. The van der Waals surface area contributed by atoms with Crippen molar-refractivity contribution in [3.05, 3.63) is 0 Å². The zero-order valence-electron chi connectivity index (χ0n) is 10.0. The molecule has 0 aromatic rings. The Bertz CT molecular complexity index is 117. The first-order chi connectivity index (χ1) is 6.04. The van der Waals surface area contributed by atoms with Crippen molar-refractivity contribution in [3.8, 4) is 0 Å². The average Bonchev–Trinajstić information content (AvgIpc) is 2.02. The lowest BCUT2D eigenvalue weighted by Gasteiger charge is -2.27. The summed E-state index contributed by atoms with van der Waals surface area (Å²) in [5.41, 5.74) is 0. The van der Waals surface area contributed by atoms with E-state index in [2.05, 4.69) is 34.2 Å². The van der Waals surface area contributed by atoms with Crippen LogP contribution in [-0.2, 0) is 4.43 Å². The van der Waals surface area contributed by atoms with Gasteiger partial charge in [0.15, 0.2) is 8.32 Å². The van der Waals surface area contributed by atoms with E-state index in [0.29, 0.717) is 5.92 Å². The van der Waals surface area contributed by atoms with Gasteiger partial charge in [0.05, 0.1) is 0 Å². The molecule has 0 aliphatic heterocycles. The molecule has 0 unspecified atom stereocenters. The van der Waals surface area contributed by atoms with Gasteiger partial charge >= 0.3 is 0 Å². The smallest absolute Gasteiger partial charge is 0.189 e. The van der Waals surface area contributed by atoms with Crippen LogP contribution in [0.15, 0.2) is 0 Å². The van der Waals surface area contributed by atoms with Crippen molar-refractivity contribution < 1.29 is 4.43 Å². The Hall–Kier alpha value is 0.177. The quantitative estimate of drug-likeness (QED) is 0.566. The first-order valence-electron chi connectivity index (χ1n) is 5.68. The molecule has 0 aliphatic carbocycles. The van der Waals surface area contributed by atoms with Crippen LogP contribution < -0.4 is 0 Å². The van der Waals surface area contributed by atoms with E-state index < -0.39 is 8.32 Å². The summed E-state index contributed by atoms with van der Waals surface area (Å²) in [6.07, 6.45) is 2.56. The molecule has 0 fully saturated rings. The van der Waals surface area contributed by atoms with Crippen molar-refractivity contribution in [2.24, 2.45) is 5.92 Å². The molecule has 0 amide bonds. The van der Waals surface area contributed by atoms with Crippen molar-refractivity contribution >= 4 is 8.32 Å². The maximum atomic E-state index is 6.11. The fraction of sp³-hybridized carbons (Fsp3) is 1.00. The predicted octanol–water partition coefficient (Wildman–Crippen LogP) is 4.05. The van der Waals surface area contributed by atoms with Crippen LogP contribution in [0.2, 0.25) is 18.6 Å². The van der Waals surface area contributed by atoms with Crippen LogP contribution in [-0.4, -0.2) is 14.9 Å². The monoisotopic (exact) mass is 202 g/mol. The first kappa shape index (κ1) is 13.2. The summed E-state index contributed by atoms with van der Waals surface area (Å²) < 4.78 is 6.11.